The van der Waals surface area contributed by atoms with Gasteiger partial charge in [-0.25, -0.2) is 0 Å². The highest BCUT2D eigenvalue weighted by Gasteiger charge is 2.46. The van der Waals surface area contributed by atoms with E-state index in [1.165, 1.54) is 33.3 Å². The summed E-state index contributed by atoms with van der Waals surface area (Å²) in [4.78, 5) is 28.2. The molecule has 1 aliphatic rings. The molecule has 38 heavy (non-hydrogen) atoms. The van der Waals surface area contributed by atoms with Crippen LogP contribution in [0.15, 0.2) is 66.2 Å². The van der Waals surface area contributed by atoms with E-state index >= 15 is 0 Å². The van der Waals surface area contributed by atoms with Crippen molar-refractivity contribution in [2.45, 2.75) is 12.6 Å². The zero-order valence-corrected chi connectivity index (χ0v) is 21.8. The molecule has 1 fully saturated rings. The fraction of sp³-hybridized carbons (Fsp3) is 0.241. The number of aliphatic hydroxyl groups excluding tert-OH is 1. The van der Waals surface area contributed by atoms with Crippen LogP contribution >= 0.6 is 0 Å². The lowest BCUT2D eigenvalue weighted by molar-refractivity contribution is -0.140. The molecule has 0 bridgehead atoms. The number of hydrogen-bond donors (Lipinski definition) is 1. The smallest absolute Gasteiger partial charge is 0.295 e. The van der Waals surface area contributed by atoms with Crippen LogP contribution in [-0.4, -0.2) is 57.2 Å². The number of ketones is 1. The summed E-state index contributed by atoms with van der Waals surface area (Å²) in [6.07, 6.45) is 0. The molecule has 1 aliphatic heterocycles. The van der Waals surface area contributed by atoms with Gasteiger partial charge in [0.15, 0.2) is 11.5 Å². The third kappa shape index (κ3) is 4.82. The number of methoxy groups -OCH3 is 5. The number of aliphatic hydroxyl groups is 1. The van der Waals surface area contributed by atoms with Gasteiger partial charge in [0.2, 0.25) is 0 Å². The van der Waals surface area contributed by atoms with Gasteiger partial charge in [-0.15, -0.1) is 0 Å². The molecular weight excluding hydrogens is 490 g/mol. The van der Waals surface area contributed by atoms with Crippen LogP contribution in [0.4, 0.5) is 0 Å². The van der Waals surface area contributed by atoms with E-state index in [9.17, 15) is 14.7 Å². The molecule has 3 aromatic carbocycles. The molecule has 1 N–H and O–H groups in total. The lowest BCUT2D eigenvalue weighted by Gasteiger charge is -2.26. The van der Waals surface area contributed by atoms with Crippen LogP contribution in [0.3, 0.4) is 0 Å². The van der Waals surface area contributed by atoms with E-state index in [0.29, 0.717) is 39.9 Å². The summed E-state index contributed by atoms with van der Waals surface area (Å²) in [7, 11) is 7.56. The van der Waals surface area contributed by atoms with E-state index in [2.05, 4.69) is 0 Å². The van der Waals surface area contributed by atoms with Crippen LogP contribution in [0.25, 0.3) is 5.76 Å². The minimum absolute atomic E-state index is 0.0517. The average molecular weight is 520 g/mol. The van der Waals surface area contributed by atoms with Gasteiger partial charge in [-0.05, 0) is 47.5 Å². The minimum atomic E-state index is -0.874. The van der Waals surface area contributed by atoms with Crippen LogP contribution in [0.5, 0.6) is 28.7 Å². The van der Waals surface area contributed by atoms with Gasteiger partial charge in [0.1, 0.15) is 23.0 Å². The first-order chi connectivity index (χ1) is 18.4. The highest BCUT2D eigenvalue weighted by molar-refractivity contribution is 6.46. The maximum atomic E-state index is 13.4. The van der Waals surface area contributed by atoms with Crippen molar-refractivity contribution in [2.24, 2.45) is 0 Å². The first-order valence-electron chi connectivity index (χ1n) is 11.7. The van der Waals surface area contributed by atoms with Crippen LogP contribution in [0, 0.1) is 0 Å². The Labute approximate surface area is 220 Å². The standard InChI is InChI=1S/C29H29NO8/c1-34-19-9-7-18(8-10-19)26-25(27(31)21-12-11-20(35-2)15-23(21)37-4)28(32)29(33)30(26)16-17-6-13-22(36-3)24(14-17)38-5/h6-15,26,31H,16H2,1-5H3/b27-25-. The van der Waals surface area contributed by atoms with Gasteiger partial charge >= 0.3 is 0 Å². The summed E-state index contributed by atoms with van der Waals surface area (Å²) in [6.45, 7) is 0.0815. The van der Waals surface area contributed by atoms with E-state index in [4.69, 9.17) is 23.7 Å². The minimum Gasteiger partial charge on any atom is -0.507 e. The number of nitrogens with zero attached hydrogens (tertiary/aromatic N) is 1. The van der Waals surface area contributed by atoms with E-state index < -0.39 is 17.7 Å². The van der Waals surface area contributed by atoms with Gasteiger partial charge in [-0.2, -0.15) is 0 Å². The van der Waals surface area contributed by atoms with Crippen molar-refractivity contribution in [2.75, 3.05) is 35.5 Å². The van der Waals surface area contributed by atoms with Gasteiger partial charge in [0, 0.05) is 12.6 Å². The molecule has 1 amide bonds. The molecule has 3 aromatic rings. The monoisotopic (exact) mass is 519 g/mol. The van der Waals surface area contributed by atoms with Gasteiger partial charge in [0.05, 0.1) is 52.7 Å². The van der Waals surface area contributed by atoms with Crippen molar-refractivity contribution in [3.8, 4) is 28.7 Å². The maximum absolute atomic E-state index is 13.4. The normalized spacial score (nSPS) is 16.3. The summed E-state index contributed by atoms with van der Waals surface area (Å²) in [5, 5.41) is 11.4. The lowest BCUT2D eigenvalue weighted by atomic mass is 9.94. The summed E-state index contributed by atoms with van der Waals surface area (Å²) in [5.74, 6) is 0.555. The molecule has 0 radical (unpaired) electrons. The zero-order valence-electron chi connectivity index (χ0n) is 21.8. The second-order valence-corrected chi connectivity index (χ2v) is 8.46. The van der Waals surface area contributed by atoms with Crippen molar-refractivity contribution in [1.82, 2.24) is 4.90 Å². The Hall–Kier alpha value is -4.66. The molecule has 198 valence electrons. The van der Waals surface area contributed by atoms with Gasteiger partial charge < -0.3 is 33.7 Å². The van der Waals surface area contributed by atoms with Crippen LogP contribution < -0.4 is 23.7 Å². The van der Waals surface area contributed by atoms with Gasteiger partial charge in [0.25, 0.3) is 11.7 Å². The summed E-state index contributed by atoms with van der Waals surface area (Å²) in [6, 6.07) is 16.2. The second-order valence-electron chi connectivity index (χ2n) is 8.46. The third-order valence-electron chi connectivity index (χ3n) is 6.44. The Bertz CT molecular complexity index is 1380. The van der Waals surface area contributed by atoms with Gasteiger partial charge in [-0.3, -0.25) is 9.59 Å². The highest BCUT2D eigenvalue weighted by atomic mass is 16.5. The van der Waals surface area contributed by atoms with Crippen molar-refractivity contribution < 1.29 is 38.4 Å². The first kappa shape index (κ1) is 26.4. The number of amides is 1. The largest absolute Gasteiger partial charge is 0.507 e. The summed E-state index contributed by atoms with van der Waals surface area (Å²) < 4.78 is 26.7. The van der Waals surface area contributed by atoms with Gasteiger partial charge in [-0.1, -0.05) is 18.2 Å². The molecule has 0 aromatic heterocycles. The number of hydrogen-bond acceptors (Lipinski definition) is 8. The van der Waals surface area contributed by atoms with Crippen molar-refractivity contribution >= 4 is 17.4 Å². The van der Waals surface area contributed by atoms with Crippen molar-refractivity contribution in [1.29, 1.82) is 0 Å². The van der Waals surface area contributed by atoms with Crippen molar-refractivity contribution in [3.05, 3.63) is 82.9 Å². The first-order valence-corrected chi connectivity index (χ1v) is 11.7. The molecule has 0 aliphatic carbocycles. The Morgan fingerprint density at radius 1 is 0.737 bits per heavy atom. The van der Waals surface area contributed by atoms with E-state index in [-0.39, 0.29) is 23.4 Å². The molecule has 9 heteroatoms. The predicted octanol–water partition coefficient (Wildman–Crippen LogP) is 4.35. The average Bonchev–Trinajstić information content (AvgIpc) is 3.21. The topological polar surface area (TPSA) is 104 Å². The number of carbonyl (C=O) groups excluding carboxylic acids is 2. The van der Waals surface area contributed by atoms with Crippen LogP contribution in [0.1, 0.15) is 22.7 Å². The molecule has 0 saturated carbocycles. The number of Topliss-reactive ketones (excluding diaryl/α,β-unsaturated/α-hetero) is 1. The number of ether oxygens (including phenoxy) is 5. The molecule has 0 spiro atoms. The number of likely N-dealkylation sites (tertiary alicyclic amines) is 1. The molecule has 9 nitrogen and oxygen atoms in total. The predicted molar refractivity (Wildman–Crippen MR) is 140 cm³/mol. The third-order valence-corrected chi connectivity index (χ3v) is 6.44. The number of benzene rings is 3. The Morgan fingerprint density at radius 3 is 1.97 bits per heavy atom. The quantitative estimate of drug-likeness (QED) is 0.253. The lowest BCUT2D eigenvalue weighted by Crippen LogP contribution is -2.29. The molecule has 1 heterocycles. The van der Waals surface area contributed by atoms with E-state index in [1.54, 1.807) is 67.8 Å². The molecule has 4 rings (SSSR count). The highest BCUT2D eigenvalue weighted by Crippen LogP contribution is 2.43. The van der Waals surface area contributed by atoms with Crippen LogP contribution in [0.2, 0.25) is 0 Å². The SMILES string of the molecule is COc1ccc(C2/C(=C(/O)c3ccc(OC)cc3OC)C(=O)C(=O)N2Cc2ccc(OC)c(OC)c2)cc1. The molecule has 1 saturated heterocycles. The Balaban J connectivity index is 1.87. The molecular formula is C29H29NO8. The Morgan fingerprint density at radius 2 is 1.37 bits per heavy atom. The number of carbonyl (C=O) groups is 2. The molecule has 1 atom stereocenters. The van der Waals surface area contributed by atoms with E-state index in [0.717, 1.165) is 0 Å². The fourth-order valence-electron chi connectivity index (χ4n) is 4.49. The fourth-order valence-corrected chi connectivity index (χ4v) is 4.49. The maximum Gasteiger partial charge on any atom is 0.295 e. The van der Waals surface area contributed by atoms with E-state index in [1.807, 2.05) is 0 Å². The summed E-state index contributed by atoms with van der Waals surface area (Å²) in [5.41, 5.74) is 1.55. The van der Waals surface area contributed by atoms with Crippen molar-refractivity contribution in [3.63, 3.8) is 0 Å². The molecule has 1 unspecified atom stereocenters. The Kier molecular flexibility index (Phi) is 7.76. The van der Waals surface area contributed by atoms with Crippen LogP contribution in [-0.2, 0) is 16.1 Å². The second kappa shape index (κ2) is 11.2. The number of rotatable bonds is 9. The zero-order chi connectivity index (χ0) is 27.4. The summed E-state index contributed by atoms with van der Waals surface area (Å²) >= 11 is 0.